The van der Waals surface area contributed by atoms with Crippen molar-refractivity contribution in [2.45, 2.75) is 52.5 Å². The summed E-state index contributed by atoms with van der Waals surface area (Å²) >= 11 is 0. The molecule has 4 rings (SSSR count). The van der Waals surface area contributed by atoms with Crippen molar-refractivity contribution in [1.29, 1.82) is 0 Å². The molecule has 1 aliphatic carbocycles. The number of nitrogens with zero attached hydrogens (tertiary/aromatic N) is 1. The molecule has 2 fully saturated rings. The lowest BCUT2D eigenvalue weighted by Crippen LogP contribution is -2.39. The van der Waals surface area contributed by atoms with Crippen LogP contribution in [0, 0.1) is 10.8 Å². The van der Waals surface area contributed by atoms with Gasteiger partial charge < -0.3 is 14.6 Å². The van der Waals surface area contributed by atoms with Gasteiger partial charge in [0, 0.05) is 29.7 Å². The molecule has 2 aromatic rings. The zero-order valence-electron chi connectivity index (χ0n) is 16.4. The van der Waals surface area contributed by atoms with Crippen molar-refractivity contribution in [3.8, 4) is 0 Å². The Labute approximate surface area is 160 Å². The van der Waals surface area contributed by atoms with Crippen LogP contribution in [-0.2, 0) is 20.7 Å². The SMILES string of the molecule is CC1(C)C[C@@H]2C[C@@](C)(CN2C(=O)COC(=O)Cc2c[nH]c3ccccc23)C1. The van der Waals surface area contributed by atoms with Gasteiger partial charge >= 0.3 is 5.97 Å². The smallest absolute Gasteiger partial charge is 0.310 e. The monoisotopic (exact) mass is 368 g/mol. The predicted molar refractivity (Wildman–Crippen MR) is 104 cm³/mol. The molecule has 5 nitrogen and oxygen atoms in total. The molecule has 1 aromatic heterocycles. The Morgan fingerprint density at radius 3 is 2.81 bits per heavy atom. The molecule has 2 atom stereocenters. The molecule has 2 bridgehead atoms. The predicted octanol–water partition coefficient (Wildman–Crippen LogP) is 3.68. The summed E-state index contributed by atoms with van der Waals surface area (Å²) < 4.78 is 5.33. The van der Waals surface area contributed by atoms with E-state index in [9.17, 15) is 9.59 Å². The topological polar surface area (TPSA) is 62.4 Å². The van der Waals surface area contributed by atoms with Crippen LogP contribution in [0.4, 0.5) is 0 Å². The Hall–Kier alpha value is -2.30. The average molecular weight is 368 g/mol. The molecule has 144 valence electrons. The number of hydrogen-bond donors (Lipinski definition) is 1. The van der Waals surface area contributed by atoms with E-state index in [1.165, 1.54) is 0 Å². The van der Waals surface area contributed by atoms with E-state index in [-0.39, 0.29) is 41.8 Å². The van der Waals surface area contributed by atoms with E-state index >= 15 is 0 Å². The molecule has 1 aromatic carbocycles. The Morgan fingerprint density at radius 2 is 2.00 bits per heavy atom. The molecule has 0 spiro atoms. The summed E-state index contributed by atoms with van der Waals surface area (Å²) in [7, 11) is 0. The lowest BCUT2D eigenvalue weighted by atomic mass is 9.65. The lowest BCUT2D eigenvalue weighted by Gasteiger charge is -2.39. The second kappa shape index (κ2) is 6.39. The maximum atomic E-state index is 12.7. The Morgan fingerprint density at radius 1 is 1.22 bits per heavy atom. The van der Waals surface area contributed by atoms with Crippen LogP contribution in [0.1, 0.15) is 45.6 Å². The highest BCUT2D eigenvalue weighted by Crippen LogP contribution is 2.52. The van der Waals surface area contributed by atoms with Crippen LogP contribution in [-0.4, -0.2) is 41.0 Å². The highest BCUT2D eigenvalue weighted by atomic mass is 16.5. The number of carbonyl (C=O) groups excluding carboxylic acids is 2. The highest BCUT2D eigenvalue weighted by molar-refractivity contribution is 5.88. The molecular formula is C22H28N2O3. The number of amides is 1. The summed E-state index contributed by atoms with van der Waals surface area (Å²) in [5.74, 6) is -0.421. The van der Waals surface area contributed by atoms with Gasteiger partial charge in [-0.25, -0.2) is 0 Å². The number of para-hydroxylation sites is 1. The summed E-state index contributed by atoms with van der Waals surface area (Å²) in [6, 6.07) is 8.13. The zero-order valence-corrected chi connectivity index (χ0v) is 16.4. The van der Waals surface area contributed by atoms with Gasteiger partial charge in [-0.3, -0.25) is 9.59 Å². The molecule has 27 heavy (non-hydrogen) atoms. The quantitative estimate of drug-likeness (QED) is 0.838. The molecule has 2 aliphatic rings. The number of benzene rings is 1. The first-order valence-corrected chi connectivity index (χ1v) is 9.75. The maximum absolute atomic E-state index is 12.7. The highest BCUT2D eigenvalue weighted by Gasteiger charge is 2.50. The molecule has 0 radical (unpaired) electrons. The summed E-state index contributed by atoms with van der Waals surface area (Å²) in [4.78, 5) is 30.1. The lowest BCUT2D eigenvalue weighted by molar-refractivity contribution is -0.152. The zero-order chi connectivity index (χ0) is 19.2. The van der Waals surface area contributed by atoms with E-state index in [4.69, 9.17) is 4.74 Å². The third kappa shape index (κ3) is 3.60. The van der Waals surface area contributed by atoms with Crippen molar-refractivity contribution < 1.29 is 14.3 Å². The minimum Gasteiger partial charge on any atom is -0.455 e. The van der Waals surface area contributed by atoms with Gasteiger partial charge in [0.25, 0.3) is 5.91 Å². The molecule has 1 saturated heterocycles. The van der Waals surface area contributed by atoms with Crippen molar-refractivity contribution in [3.05, 3.63) is 36.0 Å². The van der Waals surface area contributed by atoms with Gasteiger partial charge in [-0.2, -0.15) is 0 Å². The van der Waals surface area contributed by atoms with Crippen LogP contribution in [0.2, 0.25) is 0 Å². The number of nitrogens with one attached hydrogen (secondary N) is 1. The van der Waals surface area contributed by atoms with Gasteiger partial charge in [-0.1, -0.05) is 39.0 Å². The normalized spacial score (nSPS) is 26.3. The number of ether oxygens (including phenoxy) is 1. The fraction of sp³-hybridized carbons (Fsp3) is 0.545. The second-order valence-electron chi connectivity index (χ2n) is 9.43. The van der Waals surface area contributed by atoms with Crippen molar-refractivity contribution in [1.82, 2.24) is 9.88 Å². The molecule has 1 amide bonds. The van der Waals surface area contributed by atoms with Gasteiger partial charge in [0.05, 0.1) is 6.42 Å². The number of rotatable bonds is 4. The average Bonchev–Trinajstić information content (AvgIpc) is 3.10. The Balaban J connectivity index is 1.35. The minimum atomic E-state index is -0.359. The first-order chi connectivity index (χ1) is 12.7. The molecule has 2 heterocycles. The van der Waals surface area contributed by atoms with Crippen molar-refractivity contribution in [3.63, 3.8) is 0 Å². The van der Waals surface area contributed by atoms with Crippen LogP contribution >= 0.6 is 0 Å². The van der Waals surface area contributed by atoms with Crippen LogP contribution in [0.15, 0.2) is 30.5 Å². The second-order valence-corrected chi connectivity index (χ2v) is 9.43. The standard InChI is InChI=1S/C22H28N2O3/c1-21(2)9-16-10-22(3,13-21)14-24(16)19(25)12-27-20(26)8-15-11-23-18-7-5-4-6-17(15)18/h4-7,11,16,23H,8-10,12-14H2,1-3H3/t16-,22-/m1/s1. The summed E-state index contributed by atoms with van der Waals surface area (Å²) in [5.41, 5.74) is 2.35. The molecule has 1 N–H and O–H groups in total. The molecular weight excluding hydrogens is 340 g/mol. The fourth-order valence-corrected chi connectivity index (χ4v) is 5.46. The summed E-state index contributed by atoms with van der Waals surface area (Å²) in [5, 5.41) is 1.02. The number of hydrogen-bond acceptors (Lipinski definition) is 3. The van der Waals surface area contributed by atoms with E-state index in [2.05, 4.69) is 25.8 Å². The summed E-state index contributed by atoms with van der Waals surface area (Å²) in [6.45, 7) is 7.46. The van der Waals surface area contributed by atoms with E-state index in [1.54, 1.807) is 0 Å². The third-order valence-corrected chi connectivity index (χ3v) is 6.10. The van der Waals surface area contributed by atoms with E-state index in [1.807, 2.05) is 35.4 Å². The molecule has 1 saturated carbocycles. The number of aromatic nitrogens is 1. The van der Waals surface area contributed by atoms with E-state index < -0.39 is 0 Å². The van der Waals surface area contributed by atoms with Crippen molar-refractivity contribution >= 4 is 22.8 Å². The van der Waals surface area contributed by atoms with Crippen molar-refractivity contribution in [2.24, 2.45) is 10.8 Å². The Bertz CT molecular complexity index is 885. The number of H-pyrrole nitrogens is 1. The Kier molecular flexibility index (Phi) is 4.28. The number of carbonyl (C=O) groups is 2. The number of aromatic amines is 1. The maximum Gasteiger partial charge on any atom is 0.310 e. The summed E-state index contributed by atoms with van der Waals surface area (Å²) in [6.07, 6.45) is 5.23. The largest absolute Gasteiger partial charge is 0.455 e. The van der Waals surface area contributed by atoms with Gasteiger partial charge in [0.15, 0.2) is 6.61 Å². The van der Waals surface area contributed by atoms with Gasteiger partial charge in [-0.15, -0.1) is 0 Å². The van der Waals surface area contributed by atoms with E-state index in [0.717, 1.165) is 42.3 Å². The van der Waals surface area contributed by atoms with Crippen molar-refractivity contribution in [2.75, 3.05) is 13.2 Å². The van der Waals surface area contributed by atoms with E-state index in [0.29, 0.717) is 0 Å². The first kappa shape index (κ1) is 18.1. The van der Waals surface area contributed by atoms with Gasteiger partial charge in [-0.05, 0) is 41.7 Å². The van der Waals surface area contributed by atoms with Crippen LogP contribution in [0.5, 0.6) is 0 Å². The van der Waals surface area contributed by atoms with Crippen LogP contribution < -0.4 is 0 Å². The molecule has 1 aliphatic heterocycles. The third-order valence-electron chi connectivity index (χ3n) is 6.10. The number of fused-ring (bicyclic) bond motifs is 3. The minimum absolute atomic E-state index is 0.0614. The molecule has 5 heteroatoms. The molecule has 0 unspecified atom stereocenters. The number of esters is 1. The van der Waals surface area contributed by atoms with Crippen LogP contribution in [0.3, 0.4) is 0 Å². The first-order valence-electron chi connectivity index (χ1n) is 9.75. The van der Waals surface area contributed by atoms with Gasteiger partial charge in [0.2, 0.25) is 0 Å². The fourth-order valence-electron chi connectivity index (χ4n) is 5.46. The van der Waals surface area contributed by atoms with Crippen LogP contribution in [0.25, 0.3) is 10.9 Å². The van der Waals surface area contributed by atoms with Gasteiger partial charge in [0.1, 0.15) is 0 Å². The number of likely N-dealkylation sites (tertiary alicyclic amines) is 1.